The van der Waals surface area contributed by atoms with Gasteiger partial charge in [0.15, 0.2) is 0 Å². The maximum Gasteiger partial charge on any atom is 0.227 e. The summed E-state index contributed by atoms with van der Waals surface area (Å²) in [7, 11) is 0. The number of hydrogen-bond acceptors (Lipinski definition) is 4. The predicted molar refractivity (Wildman–Crippen MR) is 91.8 cm³/mol. The highest BCUT2D eigenvalue weighted by Crippen LogP contribution is 2.29. The average Bonchev–Trinajstić information content (AvgIpc) is 3.12. The molecule has 1 saturated heterocycles. The number of ether oxygens (including phenoxy) is 1. The highest BCUT2D eigenvalue weighted by atomic mass is 16.5. The number of hydrogen-bond donors (Lipinski definition) is 2. The minimum Gasteiger partial charge on any atom is -0.381 e. The summed E-state index contributed by atoms with van der Waals surface area (Å²) < 4.78 is 7.19. The number of aromatic nitrogens is 2. The molecule has 0 atom stereocenters. The van der Waals surface area contributed by atoms with Gasteiger partial charge in [0.25, 0.3) is 0 Å². The molecule has 1 amide bonds. The molecule has 0 spiro atoms. The van der Waals surface area contributed by atoms with Crippen molar-refractivity contribution in [3.05, 3.63) is 48.3 Å². The molecular formula is C18H24N4O2. The normalized spacial score (nSPS) is 16.7. The third-order valence-electron chi connectivity index (χ3n) is 4.68. The highest BCUT2D eigenvalue weighted by Gasteiger charge is 2.38. The fourth-order valence-electron chi connectivity index (χ4n) is 3.01. The number of nitrogens with one attached hydrogen (secondary N) is 1. The van der Waals surface area contributed by atoms with Gasteiger partial charge in [0.05, 0.1) is 17.3 Å². The lowest BCUT2D eigenvalue weighted by atomic mass is 9.79. The van der Waals surface area contributed by atoms with Crippen LogP contribution in [-0.2, 0) is 16.0 Å². The zero-order valence-corrected chi connectivity index (χ0v) is 13.8. The fraction of sp³-hybridized carbons (Fsp3) is 0.444. The van der Waals surface area contributed by atoms with E-state index in [1.807, 2.05) is 47.4 Å². The number of nitrogens with zero attached hydrogens (tertiary/aromatic N) is 2. The third-order valence-corrected chi connectivity index (χ3v) is 4.68. The van der Waals surface area contributed by atoms with E-state index in [9.17, 15) is 4.79 Å². The Bertz CT molecular complexity index is 663. The molecule has 2 heterocycles. The molecule has 0 radical (unpaired) electrons. The Balaban J connectivity index is 1.53. The lowest BCUT2D eigenvalue weighted by Gasteiger charge is -2.34. The van der Waals surface area contributed by atoms with E-state index in [1.165, 1.54) is 0 Å². The van der Waals surface area contributed by atoms with Gasteiger partial charge in [-0.3, -0.25) is 4.79 Å². The van der Waals surface area contributed by atoms with Gasteiger partial charge in [0.1, 0.15) is 0 Å². The number of amides is 1. The topological polar surface area (TPSA) is 82.2 Å². The van der Waals surface area contributed by atoms with Gasteiger partial charge >= 0.3 is 0 Å². The van der Waals surface area contributed by atoms with E-state index in [0.29, 0.717) is 39.1 Å². The number of carbonyl (C=O) groups excluding carboxylic acids is 1. The Labute approximate surface area is 142 Å². The predicted octanol–water partition coefficient (Wildman–Crippen LogP) is 1.29. The first-order valence-electron chi connectivity index (χ1n) is 8.39. The second kappa shape index (κ2) is 7.59. The lowest BCUT2D eigenvalue weighted by molar-refractivity contribution is -0.135. The van der Waals surface area contributed by atoms with Gasteiger partial charge in [-0.1, -0.05) is 18.2 Å². The standard InChI is InChI=1S/C18H24N4O2/c19-14-18(7-10-24-11-8-18)17(23)20-9-6-15-12-21-22(13-15)16-4-2-1-3-5-16/h1-5,12-13H,6-11,14,19H2,(H,20,23). The van der Waals surface area contributed by atoms with Gasteiger partial charge in [-0.15, -0.1) is 0 Å². The summed E-state index contributed by atoms with van der Waals surface area (Å²) in [4.78, 5) is 12.5. The van der Waals surface area contributed by atoms with Crippen LogP contribution in [0.4, 0.5) is 0 Å². The van der Waals surface area contributed by atoms with Crippen LogP contribution in [0.25, 0.3) is 5.69 Å². The Kier molecular flexibility index (Phi) is 5.27. The van der Waals surface area contributed by atoms with Gasteiger partial charge in [0.2, 0.25) is 5.91 Å². The van der Waals surface area contributed by atoms with Crippen molar-refractivity contribution in [1.82, 2.24) is 15.1 Å². The van der Waals surface area contributed by atoms with E-state index in [-0.39, 0.29) is 5.91 Å². The molecule has 1 aromatic heterocycles. The Morgan fingerprint density at radius 2 is 2.04 bits per heavy atom. The van der Waals surface area contributed by atoms with Crippen molar-refractivity contribution >= 4 is 5.91 Å². The van der Waals surface area contributed by atoms with E-state index >= 15 is 0 Å². The number of rotatable bonds is 6. The molecule has 3 rings (SSSR count). The maximum absolute atomic E-state index is 12.5. The smallest absolute Gasteiger partial charge is 0.227 e. The molecule has 6 nitrogen and oxygen atoms in total. The van der Waals surface area contributed by atoms with Crippen molar-refractivity contribution in [3.8, 4) is 5.69 Å². The largest absolute Gasteiger partial charge is 0.381 e. The zero-order valence-electron chi connectivity index (χ0n) is 13.8. The van der Waals surface area contributed by atoms with Crippen molar-refractivity contribution in [2.75, 3.05) is 26.3 Å². The summed E-state index contributed by atoms with van der Waals surface area (Å²) in [6.45, 7) is 2.17. The van der Waals surface area contributed by atoms with E-state index in [2.05, 4.69) is 10.4 Å². The summed E-state index contributed by atoms with van der Waals surface area (Å²) >= 11 is 0. The number of nitrogens with two attached hydrogens (primary N) is 1. The van der Waals surface area contributed by atoms with Crippen LogP contribution in [0.2, 0.25) is 0 Å². The molecule has 1 aliphatic heterocycles. The van der Waals surface area contributed by atoms with Crippen LogP contribution in [0.5, 0.6) is 0 Å². The van der Waals surface area contributed by atoms with Gasteiger partial charge < -0.3 is 15.8 Å². The first-order chi connectivity index (χ1) is 11.7. The van der Waals surface area contributed by atoms with E-state index in [0.717, 1.165) is 17.7 Å². The zero-order chi connectivity index (χ0) is 16.8. The van der Waals surface area contributed by atoms with Crippen LogP contribution in [0, 0.1) is 5.41 Å². The number of para-hydroxylation sites is 1. The summed E-state index contributed by atoms with van der Waals surface area (Å²) in [6, 6.07) is 9.96. The van der Waals surface area contributed by atoms with E-state index in [1.54, 1.807) is 0 Å². The summed E-state index contributed by atoms with van der Waals surface area (Å²) in [6.07, 6.45) is 5.97. The molecule has 1 aromatic carbocycles. The van der Waals surface area contributed by atoms with Gasteiger partial charge in [-0.05, 0) is 37.0 Å². The highest BCUT2D eigenvalue weighted by molar-refractivity contribution is 5.83. The van der Waals surface area contributed by atoms with Crippen molar-refractivity contribution < 1.29 is 9.53 Å². The van der Waals surface area contributed by atoms with Crippen LogP contribution in [0.15, 0.2) is 42.7 Å². The molecule has 0 saturated carbocycles. The Morgan fingerprint density at radius 3 is 2.75 bits per heavy atom. The lowest BCUT2D eigenvalue weighted by Crippen LogP contribution is -2.49. The molecule has 2 aromatic rings. The number of carbonyl (C=O) groups is 1. The molecule has 6 heteroatoms. The van der Waals surface area contributed by atoms with Crippen molar-refractivity contribution in [2.24, 2.45) is 11.1 Å². The molecule has 0 bridgehead atoms. The van der Waals surface area contributed by atoms with Crippen LogP contribution < -0.4 is 11.1 Å². The molecular weight excluding hydrogens is 304 g/mol. The second-order valence-corrected chi connectivity index (χ2v) is 6.23. The maximum atomic E-state index is 12.5. The summed E-state index contributed by atoms with van der Waals surface area (Å²) in [5, 5.41) is 7.40. The molecule has 3 N–H and O–H groups in total. The monoisotopic (exact) mass is 328 g/mol. The minimum atomic E-state index is -0.466. The summed E-state index contributed by atoms with van der Waals surface area (Å²) in [5.41, 5.74) is 7.51. The molecule has 24 heavy (non-hydrogen) atoms. The molecule has 128 valence electrons. The molecule has 0 unspecified atom stereocenters. The van der Waals surface area contributed by atoms with Crippen LogP contribution in [0.3, 0.4) is 0 Å². The first-order valence-corrected chi connectivity index (χ1v) is 8.39. The summed E-state index contributed by atoms with van der Waals surface area (Å²) in [5.74, 6) is 0.0451. The average molecular weight is 328 g/mol. The Morgan fingerprint density at radius 1 is 1.29 bits per heavy atom. The van der Waals surface area contributed by atoms with E-state index < -0.39 is 5.41 Å². The minimum absolute atomic E-state index is 0.0451. The van der Waals surface area contributed by atoms with Crippen LogP contribution in [0.1, 0.15) is 18.4 Å². The fourth-order valence-corrected chi connectivity index (χ4v) is 3.01. The SMILES string of the molecule is NCC1(C(=O)NCCc2cnn(-c3ccccc3)c2)CCOCC1. The quantitative estimate of drug-likeness (QED) is 0.837. The van der Waals surface area contributed by atoms with Crippen LogP contribution in [-0.4, -0.2) is 42.0 Å². The van der Waals surface area contributed by atoms with Crippen molar-refractivity contribution in [3.63, 3.8) is 0 Å². The van der Waals surface area contributed by atoms with Gasteiger partial charge in [0, 0.05) is 32.5 Å². The van der Waals surface area contributed by atoms with Gasteiger partial charge in [-0.25, -0.2) is 4.68 Å². The van der Waals surface area contributed by atoms with Crippen molar-refractivity contribution in [1.29, 1.82) is 0 Å². The van der Waals surface area contributed by atoms with E-state index in [4.69, 9.17) is 10.5 Å². The first kappa shape index (κ1) is 16.7. The number of benzene rings is 1. The molecule has 1 fully saturated rings. The molecule has 1 aliphatic rings. The van der Waals surface area contributed by atoms with Crippen LogP contribution >= 0.6 is 0 Å². The third kappa shape index (κ3) is 3.66. The second-order valence-electron chi connectivity index (χ2n) is 6.23. The van der Waals surface area contributed by atoms with Crippen molar-refractivity contribution in [2.45, 2.75) is 19.3 Å². The molecule has 0 aliphatic carbocycles. The Hall–Kier alpha value is -2.18. The van der Waals surface area contributed by atoms with Gasteiger partial charge in [-0.2, -0.15) is 5.10 Å².